The van der Waals surface area contributed by atoms with E-state index in [-0.39, 0.29) is 15.8 Å². The van der Waals surface area contributed by atoms with Crippen LogP contribution in [-0.4, -0.2) is 5.91 Å². The SMILES string of the molecule is O=C(NC(=C(Cl)Cl)P(Cl)(c1ccccc1)(c1ccccc1)c1ccccc1)c1ccc(Br)cc1. The Balaban J connectivity index is 2.07. The van der Waals surface area contributed by atoms with Gasteiger partial charge in [-0.2, -0.15) is 0 Å². The molecule has 0 aliphatic carbocycles. The molecule has 7 heteroatoms. The van der Waals surface area contributed by atoms with E-state index in [0.29, 0.717) is 5.56 Å². The zero-order valence-corrected chi connectivity index (χ0v) is 22.6. The van der Waals surface area contributed by atoms with E-state index < -0.39 is 5.96 Å². The number of halogens is 4. The van der Waals surface area contributed by atoms with Crippen molar-refractivity contribution in [3.8, 4) is 0 Å². The molecule has 0 spiro atoms. The van der Waals surface area contributed by atoms with Crippen molar-refractivity contribution in [3.63, 3.8) is 0 Å². The summed E-state index contributed by atoms with van der Waals surface area (Å²) in [4.78, 5) is 13.4. The van der Waals surface area contributed by atoms with Gasteiger partial charge in [0.05, 0.1) is 0 Å². The van der Waals surface area contributed by atoms with Gasteiger partial charge < -0.3 is 0 Å². The van der Waals surface area contributed by atoms with E-state index in [1.54, 1.807) is 24.3 Å². The third kappa shape index (κ3) is 4.33. The van der Waals surface area contributed by atoms with Gasteiger partial charge in [0.25, 0.3) is 0 Å². The van der Waals surface area contributed by atoms with Crippen LogP contribution in [0.2, 0.25) is 0 Å². The average Bonchev–Trinajstić information content (AvgIpc) is 2.88. The van der Waals surface area contributed by atoms with Crippen molar-refractivity contribution in [2.24, 2.45) is 0 Å². The molecule has 1 N–H and O–H groups in total. The fraction of sp³-hybridized carbons (Fsp3) is 0. The van der Waals surface area contributed by atoms with Crippen molar-refractivity contribution >= 4 is 78.1 Å². The first kappa shape index (κ1) is 25.0. The Bertz CT molecular complexity index is 1230. The molecule has 172 valence electrons. The second-order valence-corrected chi connectivity index (χ2v) is 15.5. The zero-order valence-electron chi connectivity index (χ0n) is 17.8. The van der Waals surface area contributed by atoms with Gasteiger partial charge in [0.15, 0.2) is 0 Å². The van der Waals surface area contributed by atoms with Gasteiger partial charge in [0, 0.05) is 0 Å². The summed E-state index contributed by atoms with van der Waals surface area (Å²) in [5.41, 5.74) is 0.721. The molecule has 0 atom stereocenters. The van der Waals surface area contributed by atoms with Crippen LogP contribution in [0.3, 0.4) is 0 Å². The minimum absolute atomic E-state index is 0.102. The molecule has 4 aromatic rings. The Labute approximate surface area is 222 Å². The molecule has 34 heavy (non-hydrogen) atoms. The molecule has 0 saturated carbocycles. The number of hydrogen-bond donors (Lipinski definition) is 1. The fourth-order valence-electron chi connectivity index (χ4n) is 4.05. The fourth-order valence-corrected chi connectivity index (χ4v) is 11.6. The van der Waals surface area contributed by atoms with Crippen LogP contribution < -0.4 is 21.2 Å². The van der Waals surface area contributed by atoms with Gasteiger partial charge in [0.2, 0.25) is 0 Å². The summed E-state index contributed by atoms with van der Waals surface area (Å²) in [6, 6.07) is 36.0. The number of carbonyl (C=O) groups is 1. The van der Waals surface area contributed by atoms with E-state index >= 15 is 0 Å². The number of benzene rings is 4. The summed E-state index contributed by atoms with van der Waals surface area (Å²) in [7, 11) is 0. The van der Waals surface area contributed by atoms with E-state index in [2.05, 4.69) is 21.2 Å². The molecular weight excluding hydrogens is 572 g/mol. The molecular formula is C27H20BrCl3NOP. The molecule has 0 heterocycles. The van der Waals surface area contributed by atoms with Gasteiger partial charge in [0.1, 0.15) is 0 Å². The Hall–Kier alpha value is -2.13. The Morgan fingerprint density at radius 1 is 0.647 bits per heavy atom. The normalized spacial score (nSPS) is 12.3. The topological polar surface area (TPSA) is 29.1 Å². The van der Waals surface area contributed by atoms with Crippen molar-refractivity contribution in [1.29, 1.82) is 0 Å². The van der Waals surface area contributed by atoms with Crippen molar-refractivity contribution < 1.29 is 4.79 Å². The van der Waals surface area contributed by atoms with Gasteiger partial charge in [-0.25, -0.2) is 0 Å². The number of rotatable bonds is 6. The molecule has 4 rings (SSSR count). The summed E-state index contributed by atoms with van der Waals surface area (Å²) in [6.45, 7) is 0. The van der Waals surface area contributed by atoms with Crippen LogP contribution in [-0.2, 0) is 0 Å². The second-order valence-electron chi connectivity index (χ2n) is 7.59. The summed E-state index contributed by atoms with van der Waals surface area (Å²) in [5.74, 6) is -4.47. The molecule has 0 aromatic heterocycles. The first-order chi connectivity index (χ1) is 16.4. The molecule has 0 fully saturated rings. The molecule has 4 aromatic carbocycles. The van der Waals surface area contributed by atoms with Gasteiger partial charge in [-0.15, -0.1) is 0 Å². The number of carbonyl (C=O) groups excluding carboxylic acids is 1. The molecule has 0 unspecified atom stereocenters. The molecule has 0 bridgehead atoms. The molecule has 0 radical (unpaired) electrons. The van der Waals surface area contributed by atoms with Crippen LogP contribution in [0.1, 0.15) is 10.4 Å². The summed E-state index contributed by atoms with van der Waals surface area (Å²) in [6.07, 6.45) is 0. The van der Waals surface area contributed by atoms with E-state index in [0.717, 1.165) is 20.4 Å². The van der Waals surface area contributed by atoms with Crippen LogP contribution in [0.4, 0.5) is 0 Å². The van der Waals surface area contributed by atoms with E-state index in [1.165, 1.54) is 0 Å². The van der Waals surface area contributed by atoms with Crippen LogP contribution in [0, 0.1) is 0 Å². The van der Waals surface area contributed by atoms with Crippen molar-refractivity contribution in [2.75, 3.05) is 0 Å². The van der Waals surface area contributed by atoms with Gasteiger partial charge in [-0.1, -0.05) is 0 Å². The van der Waals surface area contributed by atoms with E-state index in [9.17, 15) is 4.79 Å². The van der Waals surface area contributed by atoms with E-state index in [4.69, 9.17) is 34.4 Å². The number of nitrogens with one attached hydrogen (secondary N) is 1. The van der Waals surface area contributed by atoms with Gasteiger partial charge in [-0.05, 0) is 0 Å². The second kappa shape index (κ2) is 10.2. The number of amides is 1. The maximum absolute atomic E-state index is 13.4. The standard InChI is InChI=1S/C27H20BrCl3NOP/c28-21-18-16-20(17-19-21)26(33)32-27(25(29)30)34(31,22-10-4-1-5-11-22,23-12-6-2-7-13-23)24-14-8-3-9-15-24/h1-19H,(H,32,33). The van der Waals surface area contributed by atoms with Crippen LogP contribution in [0.25, 0.3) is 0 Å². The Kier molecular flexibility index (Phi) is 7.52. The summed E-state index contributed by atoms with van der Waals surface area (Å²) >= 11 is 24.7. The molecule has 0 saturated heterocycles. The number of hydrogen-bond acceptors (Lipinski definition) is 1. The maximum atomic E-state index is 13.4. The van der Waals surface area contributed by atoms with E-state index in [1.807, 2.05) is 91.0 Å². The molecule has 1 amide bonds. The van der Waals surface area contributed by atoms with Crippen molar-refractivity contribution in [3.05, 3.63) is 135 Å². The molecule has 2 nitrogen and oxygen atoms in total. The first-order valence-corrected chi connectivity index (χ1v) is 15.1. The monoisotopic (exact) mass is 589 g/mol. The molecule has 0 aliphatic rings. The van der Waals surface area contributed by atoms with Crippen molar-refractivity contribution in [2.45, 2.75) is 0 Å². The van der Waals surface area contributed by atoms with Gasteiger partial charge in [-0.3, -0.25) is 0 Å². The average molecular weight is 592 g/mol. The predicted molar refractivity (Wildman–Crippen MR) is 151 cm³/mol. The van der Waals surface area contributed by atoms with Crippen LogP contribution in [0.5, 0.6) is 0 Å². The Morgan fingerprint density at radius 3 is 1.38 bits per heavy atom. The first-order valence-electron chi connectivity index (χ1n) is 10.4. The summed E-state index contributed by atoms with van der Waals surface area (Å²) < 4.78 is 0.764. The minimum atomic E-state index is -4.10. The quantitative estimate of drug-likeness (QED) is 0.232. The van der Waals surface area contributed by atoms with Crippen LogP contribution in [0.15, 0.2) is 130 Å². The van der Waals surface area contributed by atoms with Gasteiger partial charge >= 0.3 is 223 Å². The zero-order chi connectivity index (χ0) is 24.2. The Morgan fingerprint density at radius 2 is 1.03 bits per heavy atom. The van der Waals surface area contributed by atoms with Crippen LogP contribution >= 0.6 is 56.3 Å². The molecule has 0 aliphatic heterocycles. The van der Waals surface area contributed by atoms with Crippen molar-refractivity contribution in [1.82, 2.24) is 5.32 Å². The third-order valence-electron chi connectivity index (χ3n) is 5.66. The summed E-state index contributed by atoms with van der Waals surface area (Å²) in [5, 5.41) is 5.43. The third-order valence-corrected chi connectivity index (χ3v) is 14.1. The predicted octanol–water partition coefficient (Wildman–Crippen LogP) is 7.47.